The smallest absolute Gasteiger partial charge is 0.407 e. The zero-order valence-electron chi connectivity index (χ0n) is 29.6. The molecule has 2 heterocycles. The third-order valence-electron chi connectivity index (χ3n) is 8.25. The van der Waals surface area contributed by atoms with E-state index in [1.54, 1.807) is 32.5 Å². The summed E-state index contributed by atoms with van der Waals surface area (Å²) in [6, 6.07) is 14.9. The lowest BCUT2D eigenvalue weighted by molar-refractivity contribution is -0.126. The summed E-state index contributed by atoms with van der Waals surface area (Å²) < 4.78 is 10.8. The Kier molecular flexibility index (Phi) is 14.5. The lowest BCUT2D eigenvalue weighted by Gasteiger charge is -2.34. The number of carbonyl (C=O) groups is 3. The van der Waals surface area contributed by atoms with Gasteiger partial charge in [0.05, 0.1) is 24.3 Å². The molecular weight excluding hydrogens is 673 g/mol. The molecule has 0 radical (unpaired) electrons. The Labute approximate surface area is 302 Å². The maximum Gasteiger partial charge on any atom is 0.407 e. The molecule has 51 heavy (non-hydrogen) atoms. The van der Waals surface area contributed by atoms with Crippen molar-refractivity contribution in [2.45, 2.75) is 89.9 Å². The lowest BCUT2D eigenvalue weighted by atomic mass is 9.90. The number of rotatable bonds is 17. The number of oxazole rings is 1. The maximum absolute atomic E-state index is 13.9. The Morgan fingerprint density at radius 3 is 1.98 bits per heavy atom. The molecule has 4 aromatic rings. The fraction of sp³-hybridized carbons (Fsp3) is 0.432. The predicted molar refractivity (Wildman–Crippen MR) is 193 cm³/mol. The van der Waals surface area contributed by atoms with E-state index in [-0.39, 0.29) is 37.8 Å². The van der Waals surface area contributed by atoms with Crippen LogP contribution in [0.1, 0.15) is 61.3 Å². The van der Waals surface area contributed by atoms with E-state index in [4.69, 9.17) is 9.15 Å². The summed E-state index contributed by atoms with van der Waals surface area (Å²) >= 11 is 1.34. The van der Waals surface area contributed by atoms with Gasteiger partial charge in [0.2, 0.25) is 5.91 Å². The second-order valence-corrected chi connectivity index (χ2v) is 14.1. The number of aromatic nitrogens is 2. The van der Waals surface area contributed by atoms with Crippen LogP contribution >= 0.6 is 11.3 Å². The first-order valence-corrected chi connectivity index (χ1v) is 17.8. The minimum Gasteiger partial charge on any atom is -0.448 e. The van der Waals surface area contributed by atoms with E-state index >= 15 is 0 Å². The quantitative estimate of drug-likeness (QED) is 0.106. The van der Waals surface area contributed by atoms with Gasteiger partial charge in [-0.05, 0) is 29.9 Å². The van der Waals surface area contributed by atoms with Crippen molar-refractivity contribution in [2.75, 3.05) is 7.05 Å². The highest BCUT2D eigenvalue weighted by atomic mass is 32.1. The fourth-order valence-electron chi connectivity index (χ4n) is 5.40. The van der Waals surface area contributed by atoms with Crippen molar-refractivity contribution >= 4 is 29.4 Å². The second-order valence-electron chi connectivity index (χ2n) is 13.1. The van der Waals surface area contributed by atoms with E-state index in [2.05, 4.69) is 25.9 Å². The normalized spacial score (nSPS) is 14.3. The number of carbonyl (C=O) groups excluding carboxylic acids is 3. The van der Waals surface area contributed by atoms with Crippen molar-refractivity contribution < 1.29 is 33.8 Å². The third kappa shape index (κ3) is 11.9. The van der Waals surface area contributed by atoms with E-state index in [0.717, 1.165) is 11.1 Å². The third-order valence-corrected chi connectivity index (χ3v) is 9.00. The highest BCUT2D eigenvalue weighted by Gasteiger charge is 2.36. The predicted octanol–water partition coefficient (Wildman–Crippen LogP) is 4.41. The highest BCUT2D eigenvalue weighted by molar-refractivity contribution is 7.09. The van der Waals surface area contributed by atoms with Gasteiger partial charge in [-0.2, -0.15) is 0 Å². The first-order valence-electron chi connectivity index (χ1n) is 16.9. The Morgan fingerprint density at radius 2 is 1.47 bits per heavy atom. The van der Waals surface area contributed by atoms with Crippen LogP contribution in [0, 0.1) is 5.92 Å². The van der Waals surface area contributed by atoms with Gasteiger partial charge in [-0.15, -0.1) is 11.3 Å². The van der Waals surface area contributed by atoms with Gasteiger partial charge in [0, 0.05) is 24.5 Å². The number of aliphatic hydroxyl groups excluding tert-OH is 2. The number of hydrogen-bond donors (Lipinski definition) is 5. The molecule has 0 aliphatic carbocycles. The van der Waals surface area contributed by atoms with Crippen LogP contribution in [0.25, 0.3) is 0 Å². The van der Waals surface area contributed by atoms with Gasteiger partial charge in [-0.3, -0.25) is 4.79 Å². The van der Waals surface area contributed by atoms with Crippen LogP contribution in [-0.2, 0) is 35.5 Å². The van der Waals surface area contributed by atoms with Gasteiger partial charge in [-0.1, -0.05) is 88.4 Å². The summed E-state index contributed by atoms with van der Waals surface area (Å²) in [4.78, 5) is 50.0. The Balaban J connectivity index is 1.50. The number of aliphatic hydroxyl groups is 2. The molecule has 0 bridgehead atoms. The minimum absolute atomic E-state index is 0.0536. The number of alkyl carbamates (subject to hydrolysis) is 1. The average molecular weight is 721 g/mol. The number of amides is 4. The summed E-state index contributed by atoms with van der Waals surface area (Å²) in [6.07, 6.45) is -0.445. The molecule has 0 unspecified atom stereocenters. The first-order chi connectivity index (χ1) is 24.4. The van der Waals surface area contributed by atoms with E-state index in [0.29, 0.717) is 16.6 Å². The van der Waals surface area contributed by atoms with Gasteiger partial charge < -0.3 is 40.2 Å². The molecule has 4 rings (SSSR count). The standard InChI is InChI=1S/C37H48N6O7S/c1-23(2)31(42-36(47)43(5)20-27-21-49-35(39-27)24(3)4)34(46)40-28(18-25-12-8-6-9-13-25)32(44)33(45)29(19-26-14-10-7-11-15-26)41-37(48)50-22-30-38-16-17-51-30/h6-17,21,23-24,28-29,31-33,44-45H,18-20,22H2,1-5H3,(H,40,46)(H,41,48)(H,42,47)/t28-,29-,31-,32-,33-/m0/s1. The average Bonchev–Trinajstić information content (AvgIpc) is 3.82. The molecule has 13 nitrogen and oxygen atoms in total. The fourth-order valence-corrected chi connectivity index (χ4v) is 5.92. The number of benzene rings is 2. The number of nitrogens with zero attached hydrogens (tertiary/aromatic N) is 3. The van der Waals surface area contributed by atoms with E-state index < -0.39 is 48.4 Å². The number of hydrogen-bond acceptors (Lipinski definition) is 10. The number of thiazole rings is 1. The molecule has 2 aromatic heterocycles. The van der Waals surface area contributed by atoms with Gasteiger partial charge in [0.1, 0.15) is 36.1 Å². The number of urea groups is 1. The first kappa shape index (κ1) is 39.0. The van der Waals surface area contributed by atoms with Crippen molar-refractivity contribution in [3.8, 4) is 0 Å². The van der Waals surface area contributed by atoms with Gasteiger partial charge in [0.25, 0.3) is 0 Å². The van der Waals surface area contributed by atoms with E-state index in [1.807, 2.05) is 74.5 Å². The molecule has 0 aliphatic heterocycles. The molecule has 0 saturated heterocycles. The van der Waals surface area contributed by atoms with Crippen LogP contribution in [-0.4, -0.2) is 80.5 Å². The zero-order chi connectivity index (χ0) is 36.9. The zero-order valence-corrected chi connectivity index (χ0v) is 30.4. The Bertz CT molecular complexity index is 1650. The molecule has 0 saturated carbocycles. The Morgan fingerprint density at radius 1 is 0.882 bits per heavy atom. The van der Waals surface area contributed by atoms with Crippen LogP contribution in [0.3, 0.4) is 0 Å². The number of ether oxygens (including phenoxy) is 1. The molecule has 5 N–H and O–H groups in total. The Hall–Kier alpha value is -4.79. The van der Waals surface area contributed by atoms with Crippen LogP contribution < -0.4 is 16.0 Å². The molecule has 5 atom stereocenters. The van der Waals surface area contributed by atoms with Crippen molar-refractivity contribution in [1.29, 1.82) is 0 Å². The molecule has 14 heteroatoms. The van der Waals surface area contributed by atoms with Crippen molar-refractivity contribution in [2.24, 2.45) is 5.92 Å². The van der Waals surface area contributed by atoms with Crippen molar-refractivity contribution in [1.82, 2.24) is 30.8 Å². The van der Waals surface area contributed by atoms with Gasteiger partial charge in [-0.25, -0.2) is 19.6 Å². The summed E-state index contributed by atoms with van der Waals surface area (Å²) in [5.41, 5.74) is 2.17. The summed E-state index contributed by atoms with van der Waals surface area (Å²) in [7, 11) is 1.59. The van der Waals surface area contributed by atoms with Crippen molar-refractivity contribution in [3.05, 3.63) is 106 Å². The summed E-state index contributed by atoms with van der Waals surface area (Å²) in [6.45, 7) is 7.62. The number of nitrogens with one attached hydrogen (secondary N) is 3. The second kappa shape index (κ2) is 19.0. The van der Waals surface area contributed by atoms with Crippen LogP contribution in [0.15, 0.2) is 82.9 Å². The van der Waals surface area contributed by atoms with Gasteiger partial charge in [0.15, 0.2) is 5.89 Å². The molecule has 274 valence electrons. The van der Waals surface area contributed by atoms with Crippen LogP contribution in [0.5, 0.6) is 0 Å². The minimum atomic E-state index is -1.55. The van der Waals surface area contributed by atoms with E-state index in [9.17, 15) is 24.6 Å². The monoisotopic (exact) mass is 720 g/mol. The van der Waals surface area contributed by atoms with Crippen molar-refractivity contribution in [3.63, 3.8) is 0 Å². The van der Waals surface area contributed by atoms with E-state index in [1.165, 1.54) is 22.5 Å². The summed E-state index contributed by atoms with van der Waals surface area (Å²) in [5.74, 6) is -0.214. The molecular formula is C37H48N6O7S. The van der Waals surface area contributed by atoms with Crippen LogP contribution in [0.2, 0.25) is 0 Å². The largest absolute Gasteiger partial charge is 0.448 e. The summed E-state index contributed by atoms with van der Waals surface area (Å²) in [5, 5.41) is 34.2. The van der Waals surface area contributed by atoms with Gasteiger partial charge >= 0.3 is 12.1 Å². The lowest BCUT2D eigenvalue weighted by Crippen LogP contribution is -2.60. The molecule has 0 aliphatic rings. The topological polar surface area (TPSA) is 179 Å². The SMILES string of the molecule is CC(C)c1nc(CN(C)C(=O)N[C@H](C(=O)N[C@@H](Cc2ccccc2)[C@H](O)[C@@H](O)[C@H](Cc2ccccc2)NC(=O)OCc2nccs2)C(C)C)co1. The maximum atomic E-state index is 13.9. The molecule has 2 aromatic carbocycles. The molecule has 4 amide bonds. The molecule has 0 spiro atoms. The molecule has 0 fully saturated rings. The van der Waals surface area contributed by atoms with Crippen LogP contribution in [0.4, 0.5) is 9.59 Å². The highest BCUT2D eigenvalue weighted by Crippen LogP contribution is 2.17.